The molecule has 18 heavy (non-hydrogen) atoms. The molecule has 0 heterocycles. The number of hydrogen-bond acceptors (Lipinski definition) is 2. The lowest BCUT2D eigenvalue weighted by atomic mass is 9.87. The summed E-state index contributed by atoms with van der Waals surface area (Å²) in [5, 5.41) is 3.31. The van der Waals surface area contributed by atoms with E-state index in [-0.39, 0.29) is 11.9 Å². The maximum atomic E-state index is 11.7. The lowest BCUT2D eigenvalue weighted by molar-refractivity contribution is -0.119. The van der Waals surface area contributed by atoms with Gasteiger partial charge in [-0.15, -0.1) is 0 Å². The first-order valence-corrected chi connectivity index (χ1v) is 6.45. The van der Waals surface area contributed by atoms with E-state index in [1.807, 2.05) is 31.2 Å². The molecule has 0 bridgehead atoms. The van der Waals surface area contributed by atoms with Crippen LogP contribution < -0.4 is 11.1 Å². The SMILES string of the molecule is Cc1ccccc1NC(C(N)=O)C1CC=CCC1. The van der Waals surface area contributed by atoms with E-state index in [4.69, 9.17) is 5.73 Å². The van der Waals surface area contributed by atoms with Gasteiger partial charge in [-0.1, -0.05) is 30.4 Å². The Labute approximate surface area is 108 Å². The standard InChI is InChI=1S/C15H20N2O/c1-11-7-5-6-10-13(11)17-14(15(16)18)12-8-3-2-4-9-12/h2-3,5-7,10,12,14,17H,4,8-9H2,1H3,(H2,16,18). The number of hydrogen-bond donors (Lipinski definition) is 2. The van der Waals surface area contributed by atoms with Crippen LogP contribution in [0.3, 0.4) is 0 Å². The van der Waals surface area contributed by atoms with Gasteiger partial charge in [0, 0.05) is 5.69 Å². The zero-order valence-corrected chi connectivity index (χ0v) is 10.7. The van der Waals surface area contributed by atoms with Crippen LogP contribution in [0.4, 0.5) is 5.69 Å². The largest absolute Gasteiger partial charge is 0.373 e. The van der Waals surface area contributed by atoms with Crippen molar-refractivity contribution < 1.29 is 4.79 Å². The lowest BCUT2D eigenvalue weighted by Crippen LogP contribution is -2.42. The van der Waals surface area contributed by atoms with Gasteiger partial charge >= 0.3 is 0 Å². The van der Waals surface area contributed by atoms with Gasteiger partial charge in [-0.05, 0) is 43.7 Å². The molecular formula is C15H20N2O. The third-order valence-corrected chi connectivity index (χ3v) is 3.54. The quantitative estimate of drug-likeness (QED) is 0.800. The first-order chi connectivity index (χ1) is 8.68. The molecule has 1 aromatic carbocycles. The number of allylic oxidation sites excluding steroid dienone is 2. The predicted octanol–water partition coefficient (Wildman–Crippen LogP) is 2.62. The van der Waals surface area contributed by atoms with Crippen molar-refractivity contribution in [1.82, 2.24) is 0 Å². The van der Waals surface area contributed by atoms with Gasteiger partial charge in [0.1, 0.15) is 6.04 Å². The van der Waals surface area contributed by atoms with Crippen LogP contribution in [0.15, 0.2) is 36.4 Å². The lowest BCUT2D eigenvalue weighted by Gasteiger charge is -2.27. The molecule has 0 fully saturated rings. The van der Waals surface area contributed by atoms with Crippen LogP contribution in [0.5, 0.6) is 0 Å². The summed E-state index contributed by atoms with van der Waals surface area (Å²) in [4.78, 5) is 11.7. The molecule has 3 N–H and O–H groups in total. The van der Waals surface area contributed by atoms with Crippen LogP contribution in [0.25, 0.3) is 0 Å². The number of nitrogens with two attached hydrogens (primary N) is 1. The molecule has 96 valence electrons. The maximum absolute atomic E-state index is 11.7. The van der Waals surface area contributed by atoms with Gasteiger partial charge < -0.3 is 11.1 Å². The number of anilines is 1. The Morgan fingerprint density at radius 2 is 2.17 bits per heavy atom. The summed E-state index contributed by atoms with van der Waals surface area (Å²) in [6, 6.07) is 7.69. The fourth-order valence-electron chi connectivity index (χ4n) is 2.44. The van der Waals surface area contributed by atoms with Crippen LogP contribution in [0.1, 0.15) is 24.8 Å². The summed E-state index contributed by atoms with van der Waals surface area (Å²) in [6.07, 6.45) is 7.28. The van der Waals surface area contributed by atoms with E-state index in [9.17, 15) is 4.79 Å². The Hall–Kier alpha value is -1.77. The molecule has 2 rings (SSSR count). The highest BCUT2D eigenvalue weighted by atomic mass is 16.1. The number of aryl methyl sites for hydroxylation is 1. The highest BCUT2D eigenvalue weighted by molar-refractivity contribution is 5.83. The molecule has 0 saturated carbocycles. The van der Waals surface area contributed by atoms with E-state index >= 15 is 0 Å². The summed E-state index contributed by atoms with van der Waals surface area (Å²) >= 11 is 0. The third kappa shape index (κ3) is 2.92. The van der Waals surface area contributed by atoms with Crippen molar-refractivity contribution in [2.45, 2.75) is 32.2 Å². The minimum Gasteiger partial charge on any atom is -0.373 e. The van der Waals surface area contributed by atoms with E-state index in [1.165, 1.54) is 0 Å². The predicted molar refractivity (Wildman–Crippen MR) is 74.3 cm³/mol. The molecule has 1 aliphatic carbocycles. The summed E-state index contributed by atoms with van der Waals surface area (Å²) in [6.45, 7) is 2.03. The van der Waals surface area contributed by atoms with Crippen molar-refractivity contribution in [2.75, 3.05) is 5.32 Å². The third-order valence-electron chi connectivity index (χ3n) is 3.54. The van der Waals surface area contributed by atoms with Crippen molar-refractivity contribution in [3.8, 4) is 0 Å². The normalized spacial score (nSPS) is 20.4. The second-order valence-corrected chi connectivity index (χ2v) is 4.88. The van der Waals surface area contributed by atoms with Gasteiger partial charge in [0.05, 0.1) is 0 Å². The number of amides is 1. The number of carbonyl (C=O) groups excluding carboxylic acids is 1. The smallest absolute Gasteiger partial charge is 0.240 e. The highest BCUT2D eigenvalue weighted by Gasteiger charge is 2.26. The van der Waals surface area contributed by atoms with Gasteiger partial charge in [0.2, 0.25) is 5.91 Å². The maximum Gasteiger partial charge on any atom is 0.240 e. The molecular weight excluding hydrogens is 224 g/mol. The Morgan fingerprint density at radius 1 is 1.39 bits per heavy atom. The highest BCUT2D eigenvalue weighted by Crippen LogP contribution is 2.25. The molecule has 3 heteroatoms. The number of para-hydroxylation sites is 1. The molecule has 0 radical (unpaired) electrons. The van der Waals surface area contributed by atoms with E-state index in [0.29, 0.717) is 5.92 Å². The average Bonchev–Trinajstić information content (AvgIpc) is 2.38. The fourth-order valence-corrected chi connectivity index (χ4v) is 2.44. The van der Waals surface area contributed by atoms with Crippen LogP contribution in [-0.4, -0.2) is 11.9 Å². The van der Waals surface area contributed by atoms with Gasteiger partial charge in [0.15, 0.2) is 0 Å². The topological polar surface area (TPSA) is 55.1 Å². The first kappa shape index (κ1) is 12.7. The van der Waals surface area contributed by atoms with E-state index in [1.54, 1.807) is 0 Å². The number of carbonyl (C=O) groups is 1. The van der Waals surface area contributed by atoms with Crippen molar-refractivity contribution in [3.05, 3.63) is 42.0 Å². The number of benzene rings is 1. The average molecular weight is 244 g/mol. The van der Waals surface area contributed by atoms with Gasteiger partial charge in [-0.3, -0.25) is 4.79 Å². The van der Waals surface area contributed by atoms with Crippen LogP contribution in [-0.2, 0) is 4.79 Å². The minimum absolute atomic E-state index is 0.265. The monoisotopic (exact) mass is 244 g/mol. The molecule has 0 aromatic heterocycles. The Morgan fingerprint density at radius 3 is 2.78 bits per heavy atom. The van der Waals surface area contributed by atoms with Crippen molar-refractivity contribution >= 4 is 11.6 Å². The molecule has 1 amide bonds. The second kappa shape index (κ2) is 5.71. The van der Waals surface area contributed by atoms with E-state index in [0.717, 1.165) is 30.5 Å². The van der Waals surface area contributed by atoms with Crippen molar-refractivity contribution in [3.63, 3.8) is 0 Å². The summed E-state index contributed by atoms with van der Waals surface area (Å²) in [5.74, 6) is 0.0330. The van der Waals surface area contributed by atoms with Crippen molar-refractivity contribution in [1.29, 1.82) is 0 Å². The van der Waals surface area contributed by atoms with Gasteiger partial charge in [0.25, 0.3) is 0 Å². The summed E-state index contributed by atoms with van der Waals surface area (Å²) in [5.41, 5.74) is 7.67. The molecule has 2 atom stereocenters. The molecule has 0 spiro atoms. The van der Waals surface area contributed by atoms with E-state index < -0.39 is 0 Å². The van der Waals surface area contributed by atoms with Gasteiger partial charge in [-0.25, -0.2) is 0 Å². The number of primary amides is 1. The van der Waals surface area contributed by atoms with Crippen LogP contribution in [0, 0.1) is 12.8 Å². The zero-order valence-electron chi connectivity index (χ0n) is 10.7. The second-order valence-electron chi connectivity index (χ2n) is 4.88. The summed E-state index contributed by atoms with van der Waals surface area (Å²) < 4.78 is 0. The molecule has 2 unspecified atom stereocenters. The Balaban J connectivity index is 2.14. The Bertz CT molecular complexity index is 454. The summed E-state index contributed by atoms with van der Waals surface area (Å²) in [7, 11) is 0. The Kier molecular flexibility index (Phi) is 4.03. The number of rotatable bonds is 4. The minimum atomic E-state index is -0.281. The van der Waals surface area contributed by atoms with Crippen LogP contribution in [0.2, 0.25) is 0 Å². The zero-order chi connectivity index (χ0) is 13.0. The molecule has 1 aliphatic rings. The van der Waals surface area contributed by atoms with Crippen molar-refractivity contribution in [2.24, 2.45) is 11.7 Å². The fraction of sp³-hybridized carbons (Fsp3) is 0.400. The van der Waals surface area contributed by atoms with E-state index in [2.05, 4.69) is 17.5 Å². The molecule has 0 aliphatic heterocycles. The molecule has 0 saturated heterocycles. The first-order valence-electron chi connectivity index (χ1n) is 6.45. The van der Waals surface area contributed by atoms with Crippen LogP contribution >= 0.6 is 0 Å². The van der Waals surface area contributed by atoms with Gasteiger partial charge in [-0.2, -0.15) is 0 Å². The number of nitrogens with one attached hydrogen (secondary N) is 1. The molecule has 1 aromatic rings. The molecule has 3 nitrogen and oxygen atoms in total.